The molecule has 4 aliphatic heterocycles. The van der Waals surface area contributed by atoms with Gasteiger partial charge in [-0.2, -0.15) is 0 Å². The Labute approximate surface area is 632 Å². The number of nitrogens with one attached hydrogen (secondary N) is 1. The Morgan fingerprint density at radius 3 is 1.00 bits per heavy atom. The van der Waals surface area contributed by atoms with E-state index in [1.165, 1.54) is 14.0 Å². The van der Waals surface area contributed by atoms with Crippen molar-refractivity contribution in [3.63, 3.8) is 0 Å². The molecule has 0 spiro atoms. The van der Waals surface area contributed by atoms with Crippen LogP contribution in [-0.4, -0.2) is 198 Å². The van der Waals surface area contributed by atoms with Gasteiger partial charge in [-0.05, 0) is 33.4 Å². The number of hydrogen-bond acceptors (Lipinski definition) is 27. The second-order valence-electron chi connectivity index (χ2n) is 26.4. The molecule has 1 N–H and O–H groups in total. The van der Waals surface area contributed by atoms with Crippen LogP contribution < -0.4 is 5.32 Å². The molecule has 0 bridgehead atoms. The van der Waals surface area contributed by atoms with Gasteiger partial charge in [-0.3, -0.25) is 33.6 Å². The van der Waals surface area contributed by atoms with Gasteiger partial charge in [-0.25, -0.2) is 0 Å². The quantitative estimate of drug-likeness (QED) is 0.0289. The molecule has 0 radical (unpaired) electrons. The lowest BCUT2D eigenvalue weighted by Gasteiger charge is -2.52. The summed E-state index contributed by atoms with van der Waals surface area (Å²) in [6.45, 7) is 6.09. The Morgan fingerprint density at radius 1 is 0.294 bits per heavy atom. The summed E-state index contributed by atoms with van der Waals surface area (Å²) in [5.74, 6) is -6.11. The molecule has 28 heteroatoms. The van der Waals surface area contributed by atoms with Crippen molar-refractivity contribution in [3.8, 4) is 0 Å². The first-order valence-electron chi connectivity index (χ1n) is 36.0. The lowest BCUT2D eigenvalue weighted by atomic mass is 9.93. The molecule has 10 rings (SSSR count). The first kappa shape index (κ1) is 82.5. The fourth-order valence-electron chi connectivity index (χ4n) is 13.2. The van der Waals surface area contributed by atoms with Gasteiger partial charge in [0.25, 0.3) is 0 Å². The van der Waals surface area contributed by atoms with Gasteiger partial charge in [0.2, 0.25) is 5.91 Å². The number of carbonyl (C=O) groups excluding carboxylic acids is 7. The molecule has 6 aromatic carbocycles. The van der Waals surface area contributed by atoms with E-state index in [0.29, 0.717) is 5.56 Å². The Morgan fingerprint density at radius 2 is 0.596 bits per heavy atom. The van der Waals surface area contributed by atoms with E-state index in [2.05, 4.69) is 5.32 Å². The Bertz CT molecular complexity index is 3790. The average Bonchev–Trinajstić information content (AvgIpc) is 0.759. The van der Waals surface area contributed by atoms with Crippen molar-refractivity contribution in [2.75, 3.05) is 33.5 Å². The molecule has 4 heterocycles. The Hall–Kier alpha value is -8.95. The number of rotatable bonds is 36. The maximum absolute atomic E-state index is 14.1. The lowest BCUT2D eigenvalue weighted by Crippen LogP contribution is -2.71. The highest BCUT2D eigenvalue weighted by Gasteiger charge is 2.60. The van der Waals surface area contributed by atoms with E-state index in [-0.39, 0.29) is 52.9 Å². The standard InChI is InChI=1S/C81H95NO27/c1-49(83)82-66-71(100-53(5)87)68(107-81-77(102-55(7)89)74(101-54(6)88)70(99-52(4)86)65(106-81)48-94-51(3)85)64(47-93-50(2)84)103-78(66)109-73-67(95-41-58-31-19-11-20-32-58)62(45-91-39-56-27-15-9-16-28-56)105-80(76(73)98-44-61-37-25-14-26-38-61)108-69-63(46-92-40-57-29-17-10-18-30-57)104-79(90-8)75(97-43-60-35-23-13-24-36-60)72(69)96-42-59-33-21-12-22-34-59/h9-38,62-81H,39-48H2,1-8H3,(H,82,83)/t62-,63-,64-,65-,66-,67+,68-,69-,70+,71-,72+,73+,74+,75-,76-,77-,78+,79-,80+,81+/m1/s1. The summed E-state index contributed by atoms with van der Waals surface area (Å²) in [6.07, 6.45) is -28.3. The van der Waals surface area contributed by atoms with Crippen LogP contribution in [-0.2, 0) is 168 Å². The SMILES string of the molecule is CO[C@@H]1O[C@H](COCc2ccccc2)[C@@H](O[C@@H]2O[C@H](COCc3ccccc3)[C@H](OCc3ccccc3)[C@H](O[C@@H]3O[C@H](COC(C)=O)[C@@H](O[C@@H]4O[C@H](COC(C)=O)[C@H](OC(C)=O)[C@H](OC(C)=O)[C@H]4OC(C)=O)[C@H](OC(C)=O)[C@H]3NC(C)=O)[C@H]2OCc2ccccc2)[C@H](OCc2ccccc2)[C@H]1OCc1ccccc1. The van der Waals surface area contributed by atoms with E-state index < -0.39 is 178 Å². The summed E-state index contributed by atoms with van der Waals surface area (Å²) in [5.41, 5.74) is 4.75. The van der Waals surface area contributed by atoms with E-state index in [1.807, 2.05) is 182 Å². The Balaban J connectivity index is 1.13. The number of ether oxygens (including phenoxy) is 20. The molecule has 0 saturated carbocycles. The summed E-state index contributed by atoms with van der Waals surface area (Å²) < 4.78 is 132. The van der Waals surface area contributed by atoms with Crippen LogP contribution in [0.4, 0.5) is 0 Å². The van der Waals surface area contributed by atoms with Gasteiger partial charge in [0.05, 0.1) is 52.9 Å². The number of methoxy groups -OCH3 is 1. The predicted octanol–water partition coefficient (Wildman–Crippen LogP) is 7.82. The fourth-order valence-corrected chi connectivity index (χ4v) is 13.2. The van der Waals surface area contributed by atoms with Crippen molar-refractivity contribution in [3.05, 3.63) is 215 Å². The van der Waals surface area contributed by atoms with Gasteiger partial charge in [-0.1, -0.05) is 182 Å². The van der Waals surface area contributed by atoms with E-state index in [0.717, 1.165) is 69.4 Å². The topological polar surface area (TPSA) is 316 Å². The van der Waals surface area contributed by atoms with Crippen LogP contribution in [0.15, 0.2) is 182 Å². The molecular formula is C81H95NO27. The number of esters is 6. The van der Waals surface area contributed by atoms with Crippen molar-refractivity contribution >= 4 is 41.7 Å². The molecule has 4 fully saturated rings. The lowest BCUT2D eigenvalue weighted by molar-refractivity contribution is -0.391. The second kappa shape index (κ2) is 41.7. The van der Waals surface area contributed by atoms with Crippen LogP contribution in [0.5, 0.6) is 0 Å². The molecule has 0 unspecified atom stereocenters. The second-order valence-corrected chi connectivity index (χ2v) is 26.4. The molecule has 28 nitrogen and oxygen atoms in total. The molecule has 0 aliphatic carbocycles. The van der Waals surface area contributed by atoms with Crippen LogP contribution in [0.3, 0.4) is 0 Å². The third-order valence-corrected chi connectivity index (χ3v) is 17.9. The predicted molar refractivity (Wildman–Crippen MR) is 382 cm³/mol. The average molecular weight is 1510 g/mol. The molecular weight excluding hydrogens is 1420 g/mol. The zero-order valence-electron chi connectivity index (χ0n) is 62.0. The molecule has 586 valence electrons. The van der Waals surface area contributed by atoms with E-state index >= 15 is 0 Å². The van der Waals surface area contributed by atoms with Gasteiger partial charge < -0.3 is 100 Å². The van der Waals surface area contributed by atoms with Crippen molar-refractivity contribution in [2.24, 2.45) is 0 Å². The number of carbonyl (C=O) groups is 7. The molecule has 4 aliphatic rings. The first-order chi connectivity index (χ1) is 52.8. The summed E-state index contributed by atoms with van der Waals surface area (Å²) in [6, 6.07) is 55.0. The third kappa shape index (κ3) is 24.5. The van der Waals surface area contributed by atoms with Gasteiger partial charge >= 0.3 is 35.8 Å². The molecule has 6 aromatic rings. The van der Waals surface area contributed by atoms with Crippen LogP contribution in [0.1, 0.15) is 81.8 Å². The summed E-state index contributed by atoms with van der Waals surface area (Å²) in [5, 5.41) is 2.87. The van der Waals surface area contributed by atoms with E-state index in [1.54, 1.807) is 0 Å². The van der Waals surface area contributed by atoms with E-state index in [9.17, 15) is 33.6 Å². The Kier molecular flexibility index (Phi) is 31.6. The monoisotopic (exact) mass is 1510 g/mol. The minimum Gasteiger partial charge on any atom is -0.463 e. The van der Waals surface area contributed by atoms with Crippen LogP contribution in [0.25, 0.3) is 0 Å². The third-order valence-electron chi connectivity index (χ3n) is 17.9. The van der Waals surface area contributed by atoms with Crippen LogP contribution >= 0.6 is 0 Å². The van der Waals surface area contributed by atoms with Crippen molar-refractivity contribution in [1.82, 2.24) is 5.32 Å². The largest absolute Gasteiger partial charge is 0.463 e. The molecule has 20 atom stereocenters. The minimum atomic E-state index is -1.96. The van der Waals surface area contributed by atoms with Gasteiger partial charge in [0, 0.05) is 55.6 Å². The molecule has 0 aromatic heterocycles. The number of hydrogen-bond donors (Lipinski definition) is 1. The zero-order valence-corrected chi connectivity index (χ0v) is 62.0. The highest BCUT2D eigenvalue weighted by Crippen LogP contribution is 2.41. The van der Waals surface area contributed by atoms with Crippen LogP contribution in [0.2, 0.25) is 0 Å². The molecule has 1 amide bonds. The van der Waals surface area contributed by atoms with Crippen molar-refractivity contribution in [1.29, 1.82) is 0 Å². The highest BCUT2D eigenvalue weighted by molar-refractivity contribution is 5.74. The molecule has 109 heavy (non-hydrogen) atoms. The molecule has 4 saturated heterocycles. The summed E-state index contributed by atoms with van der Waals surface area (Å²) in [4.78, 5) is 92.8. The van der Waals surface area contributed by atoms with Crippen molar-refractivity contribution in [2.45, 2.75) is 211 Å². The van der Waals surface area contributed by atoms with Gasteiger partial charge in [0.1, 0.15) is 86.4 Å². The van der Waals surface area contributed by atoms with Crippen molar-refractivity contribution < 1.29 is 128 Å². The van der Waals surface area contributed by atoms with E-state index in [4.69, 9.17) is 94.7 Å². The number of amides is 1. The first-order valence-corrected chi connectivity index (χ1v) is 36.0. The summed E-state index contributed by atoms with van der Waals surface area (Å²) >= 11 is 0. The van der Waals surface area contributed by atoms with Gasteiger partial charge in [-0.15, -0.1) is 0 Å². The summed E-state index contributed by atoms with van der Waals surface area (Å²) in [7, 11) is 1.50. The fraction of sp³-hybridized carbons (Fsp3) is 0.469. The number of benzene rings is 6. The van der Waals surface area contributed by atoms with Gasteiger partial charge in [0.15, 0.2) is 49.6 Å². The maximum Gasteiger partial charge on any atom is 0.303 e. The smallest absolute Gasteiger partial charge is 0.303 e. The van der Waals surface area contributed by atoms with Crippen LogP contribution in [0, 0.1) is 0 Å². The zero-order chi connectivity index (χ0) is 77.2. The normalized spacial score (nSPS) is 28.1. The minimum absolute atomic E-state index is 0.0428. The maximum atomic E-state index is 14.1. The highest BCUT2D eigenvalue weighted by atomic mass is 16.8.